The number of nitrogens with zero attached hydrogens (tertiary/aromatic N) is 3. The molecule has 0 saturated heterocycles. The Kier molecular flexibility index (Phi) is 6.22. The van der Waals surface area contributed by atoms with Crippen molar-refractivity contribution in [2.24, 2.45) is 0 Å². The molecule has 2 aromatic carbocycles. The molecule has 3 aromatic rings. The van der Waals surface area contributed by atoms with Crippen LogP contribution in [0.4, 0.5) is 5.69 Å². The molecule has 2 heterocycles. The average Bonchev–Trinajstić information content (AvgIpc) is 3.24. The van der Waals surface area contributed by atoms with E-state index in [1.54, 1.807) is 19.2 Å². The van der Waals surface area contributed by atoms with Crippen molar-refractivity contribution >= 4 is 17.5 Å². The lowest BCUT2D eigenvalue weighted by atomic mass is 10.1. The molecule has 2 N–H and O–H groups in total. The van der Waals surface area contributed by atoms with Gasteiger partial charge in [-0.25, -0.2) is 4.98 Å². The van der Waals surface area contributed by atoms with Gasteiger partial charge in [0.1, 0.15) is 24.2 Å². The van der Waals surface area contributed by atoms with Gasteiger partial charge in [-0.2, -0.15) is 0 Å². The minimum Gasteiger partial charge on any atom is -0.489 e. The Labute approximate surface area is 191 Å². The Morgan fingerprint density at radius 3 is 2.85 bits per heavy atom. The minimum absolute atomic E-state index is 0.0139. The fraction of sp³-hybridized carbons (Fsp3) is 0.200. The van der Waals surface area contributed by atoms with Crippen LogP contribution in [0.3, 0.4) is 0 Å². The fourth-order valence-electron chi connectivity index (χ4n) is 3.35. The van der Waals surface area contributed by atoms with E-state index >= 15 is 0 Å². The number of rotatable bonds is 4. The van der Waals surface area contributed by atoms with Gasteiger partial charge in [-0.15, -0.1) is 5.10 Å². The first-order valence-electron chi connectivity index (χ1n) is 10.4. The number of H-pyrrole nitrogens is 1. The van der Waals surface area contributed by atoms with E-state index in [4.69, 9.17) is 4.74 Å². The van der Waals surface area contributed by atoms with Gasteiger partial charge in [0.05, 0.1) is 5.69 Å². The van der Waals surface area contributed by atoms with Gasteiger partial charge >= 0.3 is 0 Å². The lowest BCUT2D eigenvalue weighted by Gasteiger charge is -2.20. The third-order valence-corrected chi connectivity index (χ3v) is 5.03. The summed E-state index contributed by atoms with van der Waals surface area (Å²) in [6, 6.07) is 14.2. The summed E-state index contributed by atoms with van der Waals surface area (Å²) in [5.41, 5.74) is 3.09. The molecule has 1 aliphatic heterocycles. The number of benzene rings is 2. The van der Waals surface area contributed by atoms with Crippen molar-refractivity contribution in [3.05, 3.63) is 83.5 Å². The van der Waals surface area contributed by atoms with Gasteiger partial charge < -0.3 is 15.0 Å². The van der Waals surface area contributed by atoms with Gasteiger partial charge in [-0.3, -0.25) is 14.7 Å². The zero-order valence-electron chi connectivity index (χ0n) is 18.4. The zero-order valence-corrected chi connectivity index (χ0v) is 18.4. The molecule has 0 radical (unpaired) electrons. The second-order valence-electron chi connectivity index (χ2n) is 7.72. The quantitative estimate of drug-likeness (QED) is 0.606. The number of aromatic nitrogens is 3. The third-order valence-electron chi connectivity index (χ3n) is 5.03. The molecule has 0 unspecified atom stereocenters. The van der Waals surface area contributed by atoms with Gasteiger partial charge in [0.2, 0.25) is 5.82 Å². The first-order chi connectivity index (χ1) is 15.9. The SMILES string of the molecule is C=C(C)C#Cc1ccc2c(c1)N(C)C(=O)[C@H](NC(=O)c1n[nH]c(Cc3ccccc3)n1)CO2. The number of hydrogen-bond donors (Lipinski definition) is 2. The fourth-order valence-corrected chi connectivity index (χ4v) is 3.35. The van der Waals surface area contributed by atoms with Gasteiger partial charge in [-0.1, -0.05) is 48.8 Å². The van der Waals surface area contributed by atoms with Crippen LogP contribution < -0.4 is 15.0 Å². The van der Waals surface area contributed by atoms with Crippen molar-refractivity contribution in [3.8, 4) is 17.6 Å². The second-order valence-corrected chi connectivity index (χ2v) is 7.72. The van der Waals surface area contributed by atoms with Gasteiger partial charge in [0.25, 0.3) is 11.8 Å². The summed E-state index contributed by atoms with van der Waals surface area (Å²) in [6.45, 7) is 5.58. The summed E-state index contributed by atoms with van der Waals surface area (Å²) >= 11 is 0. The van der Waals surface area contributed by atoms with Crippen molar-refractivity contribution < 1.29 is 14.3 Å². The third kappa shape index (κ3) is 5.10. The largest absolute Gasteiger partial charge is 0.489 e. The lowest BCUT2D eigenvalue weighted by molar-refractivity contribution is -0.120. The Hall–Kier alpha value is -4.38. The van der Waals surface area contributed by atoms with Crippen LogP contribution in [-0.2, 0) is 11.2 Å². The molecule has 2 amide bonds. The first kappa shape index (κ1) is 21.8. The highest BCUT2D eigenvalue weighted by Crippen LogP contribution is 2.31. The van der Waals surface area contributed by atoms with Crippen LogP contribution in [0.1, 0.15) is 34.5 Å². The average molecular weight is 441 g/mol. The van der Waals surface area contributed by atoms with Crippen molar-refractivity contribution in [3.63, 3.8) is 0 Å². The molecule has 0 bridgehead atoms. The van der Waals surface area contributed by atoms with Crippen LogP contribution in [0, 0.1) is 11.8 Å². The van der Waals surface area contributed by atoms with E-state index in [0.717, 1.165) is 16.7 Å². The first-order valence-corrected chi connectivity index (χ1v) is 10.4. The molecule has 0 spiro atoms. The maximum absolute atomic E-state index is 13.0. The van der Waals surface area contributed by atoms with Crippen LogP contribution in [-0.4, -0.2) is 46.7 Å². The van der Waals surface area contributed by atoms with Gasteiger partial charge in [0, 0.05) is 19.0 Å². The Balaban J connectivity index is 1.46. The molecule has 0 fully saturated rings. The van der Waals surface area contributed by atoms with Gasteiger partial charge in [0.15, 0.2) is 0 Å². The Morgan fingerprint density at radius 2 is 2.09 bits per heavy atom. The molecule has 166 valence electrons. The summed E-state index contributed by atoms with van der Waals surface area (Å²) < 4.78 is 5.81. The number of amides is 2. The Morgan fingerprint density at radius 1 is 1.30 bits per heavy atom. The predicted octanol–water partition coefficient (Wildman–Crippen LogP) is 2.48. The summed E-state index contributed by atoms with van der Waals surface area (Å²) in [5, 5.41) is 9.45. The van der Waals surface area contributed by atoms with E-state index < -0.39 is 11.9 Å². The number of likely N-dealkylation sites (N-methyl/N-ethyl adjacent to an activating group) is 1. The predicted molar refractivity (Wildman–Crippen MR) is 124 cm³/mol. The second kappa shape index (κ2) is 9.40. The molecule has 8 heteroatoms. The number of nitrogens with one attached hydrogen (secondary N) is 2. The normalized spacial score (nSPS) is 14.9. The van der Waals surface area contributed by atoms with E-state index in [9.17, 15) is 9.59 Å². The smallest absolute Gasteiger partial charge is 0.291 e. The van der Waals surface area contributed by atoms with Crippen LogP contribution in [0.15, 0.2) is 60.7 Å². The van der Waals surface area contributed by atoms with Crippen molar-refractivity contribution in [2.75, 3.05) is 18.6 Å². The highest BCUT2D eigenvalue weighted by molar-refractivity contribution is 6.02. The summed E-state index contributed by atoms with van der Waals surface area (Å²) in [4.78, 5) is 31.5. The zero-order chi connectivity index (χ0) is 23.4. The number of aromatic amines is 1. The number of carbonyl (C=O) groups is 2. The van der Waals surface area contributed by atoms with Crippen LogP contribution in [0.2, 0.25) is 0 Å². The minimum atomic E-state index is -0.893. The van der Waals surface area contributed by atoms with Crippen molar-refractivity contribution in [2.45, 2.75) is 19.4 Å². The molecular weight excluding hydrogens is 418 g/mol. The van der Waals surface area contributed by atoms with Crippen molar-refractivity contribution in [1.82, 2.24) is 20.5 Å². The van der Waals surface area contributed by atoms with Crippen molar-refractivity contribution in [1.29, 1.82) is 0 Å². The molecule has 8 nitrogen and oxygen atoms in total. The number of allylic oxidation sites excluding steroid dienone is 1. The Bertz CT molecular complexity index is 1270. The standard InChI is InChI=1S/C25H23N5O3/c1-16(2)9-10-18-11-12-21-20(13-18)30(3)25(32)19(15-33-21)26-24(31)23-27-22(28-29-23)14-17-7-5-4-6-8-17/h4-8,11-13,19H,1,14-15H2,2-3H3,(H,26,31)(H,27,28,29)/t19-/m1/s1. The molecule has 0 saturated carbocycles. The van der Waals surface area contributed by atoms with Crippen LogP contribution in [0.25, 0.3) is 0 Å². The van der Waals surface area contributed by atoms with Gasteiger partial charge in [-0.05, 0) is 36.3 Å². The van der Waals surface area contributed by atoms with Crippen LogP contribution >= 0.6 is 0 Å². The maximum Gasteiger partial charge on any atom is 0.291 e. The van der Waals surface area contributed by atoms with E-state index in [1.165, 1.54) is 4.90 Å². The van der Waals surface area contributed by atoms with E-state index in [1.807, 2.05) is 43.3 Å². The maximum atomic E-state index is 13.0. The molecular formula is C25H23N5O3. The highest BCUT2D eigenvalue weighted by atomic mass is 16.5. The van der Waals surface area contributed by atoms with Crippen LogP contribution in [0.5, 0.6) is 5.75 Å². The topological polar surface area (TPSA) is 100 Å². The number of ether oxygens (including phenoxy) is 1. The monoisotopic (exact) mass is 441 g/mol. The molecule has 4 rings (SSSR count). The summed E-state index contributed by atoms with van der Waals surface area (Å²) in [5.74, 6) is 6.11. The van der Waals surface area contributed by atoms with E-state index in [0.29, 0.717) is 23.7 Å². The number of anilines is 1. The number of hydrogen-bond acceptors (Lipinski definition) is 5. The highest BCUT2D eigenvalue weighted by Gasteiger charge is 2.31. The molecule has 33 heavy (non-hydrogen) atoms. The van der Waals surface area contributed by atoms with E-state index in [-0.39, 0.29) is 18.3 Å². The lowest BCUT2D eigenvalue weighted by Crippen LogP contribution is -2.49. The molecule has 0 aliphatic carbocycles. The number of fused-ring (bicyclic) bond motifs is 1. The molecule has 1 atom stereocenters. The van der Waals surface area contributed by atoms with E-state index in [2.05, 4.69) is 38.9 Å². The number of carbonyl (C=O) groups excluding carboxylic acids is 2. The molecule has 1 aliphatic rings. The summed E-state index contributed by atoms with van der Waals surface area (Å²) in [7, 11) is 1.63. The summed E-state index contributed by atoms with van der Waals surface area (Å²) in [6.07, 6.45) is 0.515. The molecule has 1 aromatic heterocycles.